The first kappa shape index (κ1) is 11.6. The first-order valence-corrected chi connectivity index (χ1v) is 5.54. The predicted molar refractivity (Wildman–Crippen MR) is 59.2 cm³/mol. The lowest BCUT2D eigenvalue weighted by atomic mass is 9.89. The van der Waals surface area contributed by atoms with E-state index in [0.29, 0.717) is 6.54 Å². The van der Waals surface area contributed by atoms with Gasteiger partial charge in [0, 0.05) is 19.0 Å². The lowest BCUT2D eigenvalue weighted by Crippen LogP contribution is -2.20. The Morgan fingerprint density at radius 2 is 2.21 bits per heavy atom. The van der Waals surface area contributed by atoms with Crippen LogP contribution in [-0.2, 0) is 11.3 Å². The van der Waals surface area contributed by atoms with Gasteiger partial charge in [-0.05, 0) is 5.41 Å². The quantitative estimate of drug-likeness (QED) is 0.840. The van der Waals surface area contributed by atoms with Gasteiger partial charge in [-0.1, -0.05) is 20.8 Å². The summed E-state index contributed by atoms with van der Waals surface area (Å²) in [6.45, 7) is 6.93. The first-order chi connectivity index (χ1) is 6.49. The van der Waals surface area contributed by atoms with Crippen LogP contribution < -0.4 is 5.73 Å². The topological polar surface area (TPSA) is 48.1 Å². The zero-order valence-electron chi connectivity index (χ0n) is 9.20. The Hall–Kier alpha value is -0.450. The molecule has 0 fully saturated rings. The second-order valence-corrected chi connectivity index (χ2v) is 5.25. The molecule has 0 bridgehead atoms. The summed E-state index contributed by atoms with van der Waals surface area (Å²) in [6, 6.07) is 0. The largest absolute Gasteiger partial charge is 0.374 e. The Morgan fingerprint density at radius 3 is 2.57 bits per heavy atom. The molecule has 0 saturated carbocycles. The molecule has 80 valence electrons. The molecule has 1 aromatic heterocycles. The average molecular weight is 214 g/mol. The number of thiazole rings is 1. The molecule has 14 heavy (non-hydrogen) atoms. The summed E-state index contributed by atoms with van der Waals surface area (Å²) < 4.78 is 5.47. The molecule has 0 aromatic carbocycles. The summed E-state index contributed by atoms with van der Waals surface area (Å²) >= 11 is 1.62. The van der Waals surface area contributed by atoms with E-state index in [4.69, 9.17) is 10.5 Å². The molecular weight excluding hydrogens is 196 g/mol. The minimum Gasteiger partial charge on any atom is -0.374 e. The highest BCUT2D eigenvalue weighted by Gasteiger charge is 2.28. The third-order valence-corrected chi connectivity index (χ3v) is 2.96. The van der Waals surface area contributed by atoms with Crippen LogP contribution in [0.15, 0.2) is 5.38 Å². The van der Waals surface area contributed by atoms with Crippen molar-refractivity contribution in [2.45, 2.75) is 33.4 Å². The zero-order chi connectivity index (χ0) is 10.8. The monoisotopic (exact) mass is 214 g/mol. The summed E-state index contributed by atoms with van der Waals surface area (Å²) in [5.41, 5.74) is 6.53. The highest BCUT2D eigenvalue weighted by Crippen LogP contribution is 2.36. The number of hydrogen-bond acceptors (Lipinski definition) is 4. The smallest absolute Gasteiger partial charge is 0.122 e. The summed E-state index contributed by atoms with van der Waals surface area (Å²) in [5.74, 6) is 0. The molecule has 0 radical (unpaired) electrons. The van der Waals surface area contributed by atoms with Gasteiger partial charge in [-0.2, -0.15) is 0 Å². The van der Waals surface area contributed by atoms with Crippen LogP contribution in [0, 0.1) is 5.41 Å². The van der Waals surface area contributed by atoms with E-state index in [1.165, 1.54) is 0 Å². The molecule has 1 unspecified atom stereocenters. The van der Waals surface area contributed by atoms with Crippen molar-refractivity contribution in [3.8, 4) is 0 Å². The highest BCUT2D eigenvalue weighted by atomic mass is 32.1. The van der Waals surface area contributed by atoms with Crippen molar-refractivity contribution < 1.29 is 4.74 Å². The standard InChI is InChI=1S/C10H18N2OS/c1-10(2,3)8(13-4)9-12-7(5-11)6-14-9/h6,8H,5,11H2,1-4H3. The van der Waals surface area contributed by atoms with E-state index in [9.17, 15) is 0 Å². The zero-order valence-corrected chi connectivity index (χ0v) is 10.0. The molecule has 0 saturated heterocycles. The van der Waals surface area contributed by atoms with Crippen LogP contribution in [0.1, 0.15) is 37.6 Å². The van der Waals surface area contributed by atoms with Crippen molar-refractivity contribution in [2.75, 3.05) is 7.11 Å². The molecular formula is C10H18N2OS. The summed E-state index contributed by atoms with van der Waals surface area (Å²) in [4.78, 5) is 4.43. The van der Waals surface area contributed by atoms with E-state index in [0.717, 1.165) is 10.7 Å². The molecule has 4 heteroatoms. The Kier molecular flexibility index (Phi) is 3.64. The maximum absolute atomic E-state index is 5.52. The number of methoxy groups -OCH3 is 1. The summed E-state index contributed by atoms with van der Waals surface area (Å²) in [5, 5.41) is 3.01. The van der Waals surface area contributed by atoms with Crippen LogP contribution >= 0.6 is 11.3 Å². The maximum Gasteiger partial charge on any atom is 0.122 e. The third-order valence-electron chi connectivity index (χ3n) is 2.03. The van der Waals surface area contributed by atoms with Gasteiger partial charge in [-0.25, -0.2) is 4.98 Å². The minimum absolute atomic E-state index is 0.0489. The second kappa shape index (κ2) is 4.38. The lowest BCUT2D eigenvalue weighted by Gasteiger charge is -2.27. The maximum atomic E-state index is 5.52. The van der Waals surface area contributed by atoms with Crippen molar-refractivity contribution in [1.82, 2.24) is 4.98 Å². The van der Waals surface area contributed by atoms with Gasteiger partial charge in [0.05, 0.1) is 5.69 Å². The first-order valence-electron chi connectivity index (χ1n) is 4.66. The van der Waals surface area contributed by atoms with Gasteiger partial charge in [0.2, 0.25) is 0 Å². The number of rotatable bonds is 3. The minimum atomic E-state index is 0.0489. The van der Waals surface area contributed by atoms with Crippen molar-refractivity contribution >= 4 is 11.3 Å². The highest BCUT2D eigenvalue weighted by molar-refractivity contribution is 7.09. The van der Waals surface area contributed by atoms with Crippen LogP contribution in [0.2, 0.25) is 0 Å². The molecule has 1 atom stereocenters. The van der Waals surface area contributed by atoms with Gasteiger partial charge < -0.3 is 10.5 Å². The number of nitrogens with zero attached hydrogens (tertiary/aromatic N) is 1. The van der Waals surface area contributed by atoms with Gasteiger partial charge in [0.1, 0.15) is 11.1 Å². The lowest BCUT2D eigenvalue weighted by molar-refractivity contribution is 0.0149. The Balaban J connectivity index is 2.90. The molecule has 1 heterocycles. The van der Waals surface area contributed by atoms with Crippen LogP contribution in [-0.4, -0.2) is 12.1 Å². The Bertz CT molecular complexity index is 291. The average Bonchev–Trinajstić information content (AvgIpc) is 2.51. The fraction of sp³-hybridized carbons (Fsp3) is 0.700. The number of ether oxygens (including phenoxy) is 1. The van der Waals surface area contributed by atoms with E-state index in [2.05, 4.69) is 25.8 Å². The Morgan fingerprint density at radius 1 is 1.57 bits per heavy atom. The third kappa shape index (κ3) is 2.53. The number of hydrogen-bond donors (Lipinski definition) is 1. The van der Waals surface area contributed by atoms with Gasteiger partial charge in [0.25, 0.3) is 0 Å². The van der Waals surface area contributed by atoms with Crippen molar-refractivity contribution in [1.29, 1.82) is 0 Å². The van der Waals surface area contributed by atoms with Gasteiger partial charge in [-0.15, -0.1) is 11.3 Å². The van der Waals surface area contributed by atoms with E-state index in [-0.39, 0.29) is 11.5 Å². The Labute approximate surface area is 89.3 Å². The van der Waals surface area contributed by atoms with Crippen LogP contribution in [0.25, 0.3) is 0 Å². The predicted octanol–water partition coefficient (Wildman–Crippen LogP) is 2.34. The number of nitrogens with two attached hydrogens (primary N) is 1. The molecule has 0 aliphatic heterocycles. The van der Waals surface area contributed by atoms with Crippen LogP contribution in [0.4, 0.5) is 0 Å². The molecule has 3 nitrogen and oxygen atoms in total. The van der Waals surface area contributed by atoms with Crippen LogP contribution in [0.5, 0.6) is 0 Å². The molecule has 0 amide bonds. The van der Waals surface area contributed by atoms with E-state index < -0.39 is 0 Å². The van der Waals surface area contributed by atoms with Crippen molar-refractivity contribution in [3.05, 3.63) is 16.1 Å². The summed E-state index contributed by atoms with van der Waals surface area (Å²) in [6.07, 6.45) is 0.0489. The van der Waals surface area contributed by atoms with Gasteiger partial charge in [0.15, 0.2) is 0 Å². The number of aromatic nitrogens is 1. The van der Waals surface area contributed by atoms with Crippen LogP contribution in [0.3, 0.4) is 0 Å². The second-order valence-electron chi connectivity index (χ2n) is 4.36. The normalized spacial score (nSPS) is 14.4. The van der Waals surface area contributed by atoms with Crippen molar-refractivity contribution in [3.63, 3.8) is 0 Å². The molecule has 0 aliphatic carbocycles. The van der Waals surface area contributed by atoms with E-state index in [1.54, 1.807) is 18.4 Å². The molecule has 0 spiro atoms. The fourth-order valence-electron chi connectivity index (χ4n) is 1.36. The molecule has 1 aromatic rings. The summed E-state index contributed by atoms with van der Waals surface area (Å²) in [7, 11) is 1.72. The SMILES string of the molecule is COC(c1nc(CN)cs1)C(C)(C)C. The fourth-order valence-corrected chi connectivity index (χ4v) is 2.51. The van der Waals surface area contributed by atoms with Gasteiger partial charge in [-0.3, -0.25) is 0 Å². The van der Waals surface area contributed by atoms with E-state index >= 15 is 0 Å². The molecule has 1 rings (SSSR count). The molecule has 0 aliphatic rings. The van der Waals surface area contributed by atoms with Crippen molar-refractivity contribution in [2.24, 2.45) is 11.1 Å². The van der Waals surface area contributed by atoms with E-state index in [1.807, 2.05) is 5.38 Å². The van der Waals surface area contributed by atoms with Gasteiger partial charge >= 0.3 is 0 Å². The molecule has 2 N–H and O–H groups in total.